The molecule has 128 valence electrons. The van der Waals surface area contributed by atoms with Gasteiger partial charge in [0.2, 0.25) is 10.0 Å². The molecule has 1 aromatic carbocycles. The lowest BCUT2D eigenvalue weighted by atomic mass is 10.1. The predicted octanol–water partition coefficient (Wildman–Crippen LogP) is 2.16. The molecule has 0 radical (unpaired) electrons. The maximum Gasteiger partial charge on any atom is 0.316 e. The third-order valence-corrected chi connectivity index (χ3v) is 5.84. The van der Waals surface area contributed by atoms with Crippen molar-refractivity contribution in [2.75, 3.05) is 13.1 Å². The molecule has 1 aliphatic rings. The lowest BCUT2D eigenvalue weighted by Crippen LogP contribution is -2.41. The number of halogens is 1. The fourth-order valence-corrected chi connectivity index (χ4v) is 4.03. The molecule has 6 nitrogen and oxygen atoms in total. The first kappa shape index (κ1) is 16.8. The number of ether oxygens (including phenoxy) is 1. The molecule has 0 N–H and O–H groups in total. The van der Waals surface area contributed by atoms with E-state index in [0.29, 0.717) is 30.8 Å². The van der Waals surface area contributed by atoms with Crippen molar-refractivity contribution in [3.05, 3.63) is 48.0 Å². The molecule has 0 spiro atoms. The number of benzene rings is 1. The van der Waals surface area contributed by atoms with Crippen LogP contribution in [0, 0.1) is 12.7 Å². The van der Waals surface area contributed by atoms with Gasteiger partial charge in [-0.1, -0.05) is 17.7 Å². The minimum atomic E-state index is -3.48. The summed E-state index contributed by atoms with van der Waals surface area (Å²) in [4.78, 5) is 7.81. The van der Waals surface area contributed by atoms with E-state index in [1.165, 1.54) is 4.31 Å². The summed E-state index contributed by atoms with van der Waals surface area (Å²) in [7, 11) is -3.48. The zero-order valence-corrected chi connectivity index (χ0v) is 14.0. The molecule has 0 aliphatic carbocycles. The Morgan fingerprint density at radius 2 is 1.71 bits per heavy atom. The van der Waals surface area contributed by atoms with E-state index in [4.69, 9.17) is 4.74 Å². The van der Waals surface area contributed by atoms with E-state index in [1.807, 2.05) is 6.92 Å². The second-order valence-corrected chi connectivity index (χ2v) is 7.66. The van der Waals surface area contributed by atoms with Gasteiger partial charge in [0.05, 0.1) is 17.3 Å². The minimum absolute atomic E-state index is 0.108. The summed E-state index contributed by atoms with van der Waals surface area (Å²) < 4.78 is 45.1. The first-order valence-electron chi connectivity index (χ1n) is 7.66. The molecule has 1 aromatic heterocycles. The summed E-state index contributed by atoms with van der Waals surface area (Å²) in [6.45, 7) is 2.64. The van der Waals surface area contributed by atoms with E-state index in [1.54, 1.807) is 24.3 Å². The summed E-state index contributed by atoms with van der Waals surface area (Å²) in [5.74, 6) is -0.527. The smallest absolute Gasteiger partial charge is 0.316 e. The molecule has 1 saturated heterocycles. The number of rotatable bonds is 4. The summed E-state index contributed by atoms with van der Waals surface area (Å²) in [6, 6.07) is 6.93. The molecule has 0 saturated carbocycles. The van der Waals surface area contributed by atoms with Crippen LogP contribution in [-0.2, 0) is 10.0 Å². The molecular formula is C16H18FN3O3S. The fourth-order valence-electron chi connectivity index (χ4n) is 2.56. The average Bonchev–Trinajstić information content (AvgIpc) is 2.58. The average molecular weight is 351 g/mol. The van der Waals surface area contributed by atoms with Gasteiger partial charge in [0.1, 0.15) is 6.10 Å². The van der Waals surface area contributed by atoms with Crippen molar-refractivity contribution in [3.8, 4) is 6.01 Å². The van der Waals surface area contributed by atoms with Crippen LogP contribution in [0.15, 0.2) is 41.6 Å². The quantitative estimate of drug-likeness (QED) is 0.844. The Balaban J connectivity index is 1.62. The largest absolute Gasteiger partial charge is 0.460 e. The highest BCUT2D eigenvalue weighted by atomic mass is 32.2. The molecule has 24 heavy (non-hydrogen) atoms. The summed E-state index contributed by atoms with van der Waals surface area (Å²) in [5.41, 5.74) is 1.01. The normalized spacial score (nSPS) is 16.9. The third kappa shape index (κ3) is 3.70. The van der Waals surface area contributed by atoms with Gasteiger partial charge in [-0.15, -0.1) is 0 Å². The number of nitrogens with zero attached hydrogens (tertiary/aromatic N) is 3. The Bertz CT molecular complexity index is 786. The van der Waals surface area contributed by atoms with Crippen molar-refractivity contribution in [1.29, 1.82) is 0 Å². The van der Waals surface area contributed by atoms with Gasteiger partial charge in [-0.25, -0.2) is 22.8 Å². The molecule has 8 heteroatoms. The zero-order chi connectivity index (χ0) is 17.2. The molecular weight excluding hydrogens is 333 g/mol. The van der Waals surface area contributed by atoms with Gasteiger partial charge in [0, 0.05) is 13.1 Å². The van der Waals surface area contributed by atoms with E-state index >= 15 is 0 Å². The van der Waals surface area contributed by atoms with Gasteiger partial charge >= 0.3 is 6.01 Å². The molecule has 1 aliphatic heterocycles. The Morgan fingerprint density at radius 1 is 1.12 bits per heavy atom. The van der Waals surface area contributed by atoms with Crippen molar-refractivity contribution in [3.63, 3.8) is 0 Å². The van der Waals surface area contributed by atoms with Crippen molar-refractivity contribution in [2.45, 2.75) is 30.8 Å². The number of aryl methyl sites for hydroxylation is 1. The van der Waals surface area contributed by atoms with Crippen LogP contribution < -0.4 is 4.74 Å². The molecule has 2 aromatic rings. The first-order valence-corrected chi connectivity index (χ1v) is 9.10. The highest BCUT2D eigenvalue weighted by Crippen LogP contribution is 2.22. The zero-order valence-electron chi connectivity index (χ0n) is 13.2. The van der Waals surface area contributed by atoms with Crippen molar-refractivity contribution < 1.29 is 17.5 Å². The standard InChI is InChI=1S/C16H18FN3O3S/c1-12-2-4-15(5-3-12)24(21,22)20-8-6-14(7-9-20)23-16-18-10-13(17)11-19-16/h2-5,10-11,14H,6-9H2,1H3. The van der Waals surface area contributed by atoms with Gasteiger partial charge in [0.15, 0.2) is 5.82 Å². The van der Waals surface area contributed by atoms with Crippen molar-refractivity contribution >= 4 is 10.0 Å². The van der Waals surface area contributed by atoms with Crippen LogP contribution >= 0.6 is 0 Å². The Morgan fingerprint density at radius 3 is 2.29 bits per heavy atom. The van der Waals surface area contributed by atoms with Crippen molar-refractivity contribution in [1.82, 2.24) is 14.3 Å². The van der Waals surface area contributed by atoms with Crippen LogP contribution in [0.25, 0.3) is 0 Å². The maximum absolute atomic E-state index is 12.8. The molecule has 0 amide bonds. The summed E-state index contributed by atoms with van der Waals surface area (Å²) in [5, 5.41) is 0. The second-order valence-electron chi connectivity index (χ2n) is 5.72. The maximum atomic E-state index is 12.8. The molecule has 0 bridgehead atoms. The van der Waals surface area contributed by atoms with E-state index < -0.39 is 15.8 Å². The highest BCUT2D eigenvalue weighted by molar-refractivity contribution is 7.89. The molecule has 0 atom stereocenters. The Labute approximate surface area is 140 Å². The lowest BCUT2D eigenvalue weighted by molar-refractivity contribution is 0.124. The number of hydrogen-bond donors (Lipinski definition) is 0. The van der Waals surface area contributed by atoms with Crippen LogP contribution in [0.4, 0.5) is 4.39 Å². The SMILES string of the molecule is Cc1ccc(S(=O)(=O)N2CCC(Oc3ncc(F)cn3)CC2)cc1. The summed E-state index contributed by atoms with van der Waals surface area (Å²) in [6.07, 6.45) is 2.97. The van der Waals surface area contributed by atoms with Crippen LogP contribution in [0.1, 0.15) is 18.4 Å². The number of aromatic nitrogens is 2. The van der Waals surface area contributed by atoms with Gasteiger partial charge in [-0.05, 0) is 31.9 Å². The topological polar surface area (TPSA) is 72.4 Å². The number of hydrogen-bond acceptors (Lipinski definition) is 5. The van der Waals surface area contributed by atoms with E-state index in [2.05, 4.69) is 9.97 Å². The third-order valence-electron chi connectivity index (χ3n) is 3.93. The number of piperidine rings is 1. The van der Waals surface area contributed by atoms with Gasteiger partial charge in [-0.3, -0.25) is 0 Å². The molecule has 0 unspecified atom stereocenters. The lowest BCUT2D eigenvalue weighted by Gasteiger charge is -2.30. The van der Waals surface area contributed by atoms with Crippen LogP contribution in [0.5, 0.6) is 6.01 Å². The Hall–Kier alpha value is -2.06. The highest BCUT2D eigenvalue weighted by Gasteiger charge is 2.30. The van der Waals surface area contributed by atoms with Crippen LogP contribution in [0.3, 0.4) is 0 Å². The number of sulfonamides is 1. The van der Waals surface area contributed by atoms with E-state index in [9.17, 15) is 12.8 Å². The van der Waals surface area contributed by atoms with Gasteiger partial charge < -0.3 is 4.74 Å². The van der Waals surface area contributed by atoms with Crippen molar-refractivity contribution in [2.24, 2.45) is 0 Å². The first-order chi connectivity index (χ1) is 11.4. The molecule has 2 heterocycles. The van der Waals surface area contributed by atoms with Crippen LogP contribution in [0.2, 0.25) is 0 Å². The second kappa shape index (κ2) is 6.82. The molecule has 3 rings (SSSR count). The fraction of sp³-hybridized carbons (Fsp3) is 0.375. The summed E-state index contributed by atoms with van der Waals surface area (Å²) >= 11 is 0. The monoisotopic (exact) mass is 351 g/mol. The van der Waals surface area contributed by atoms with E-state index in [-0.39, 0.29) is 12.1 Å². The van der Waals surface area contributed by atoms with Gasteiger partial charge in [0.25, 0.3) is 0 Å². The molecule has 1 fully saturated rings. The van der Waals surface area contributed by atoms with Crippen LogP contribution in [-0.4, -0.2) is 41.9 Å². The van der Waals surface area contributed by atoms with Gasteiger partial charge in [-0.2, -0.15) is 4.31 Å². The minimum Gasteiger partial charge on any atom is -0.460 e. The predicted molar refractivity (Wildman–Crippen MR) is 85.6 cm³/mol. The Kier molecular flexibility index (Phi) is 4.77. The van der Waals surface area contributed by atoms with E-state index in [0.717, 1.165) is 18.0 Å².